The average Bonchev–Trinajstić information content (AvgIpc) is 2.99. The zero-order valence-corrected chi connectivity index (χ0v) is 13.3. The van der Waals surface area contributed by atoms with Gasteiger partial charge in [-0.15, -0.1) is 0 Å². The smallest absolute Gasteiger partial charge is 0.260 e. The van der Waals surface area contributed by atoms with Gasteiger partial charge in [0.1, 0.15) is 5.75 Å². The van der Waals surface area contributed by atoms with Crippen molar-refractivity contribution in [1.29, 1.82) is 0 Å². The Morgan fingerprint density at radius 3 is 2.90 bits per heavy atom. The molecule has 2 rings (SSSR count). The molecule has 1 aromatic rings. The van der Waals surface area contributed by atoms with Crippen molar-refractivity contribution >= 4 is 5.91 Å². The lowest BCUT2D eigenvalue weighted by molar-refractivity contribution is -0.135. The van der Waals surface area contributed by atoms with Gasteiger partial charge in [0.2, 0.25) is 0 Å². The highest BCUT2D eigenvalue weighted by atomic mass is 16.5. The average molecular weight is 290 g/mol. The monoisotopic (exact) mass is 290 g/mol. The van der Waals surface area contributed by atoms with Crippen LogP contribution in [0.2, 0.25) is 0 Å². The third-order valence-electron chi connectivity index (χ3n) is 3.95. The normalized spacial score (nSPS) is 17.8. The van der Waals surface area contributed by atoms with Gasteiger partial charge in [-0.05, 0) is 50.4 Å². The lowest BCUT2D eigenvalue weighted by Crippen LogP contribution is -2.44. The molecule has 1 aliphatic rings. The Morgan fingerprint density at radius 1 is 1.43 bits per heavy atom. The number of aryl methyl sites for hydroxylation is 2. The maximum absolute atomic E-state index is 12.5. The van der Waals surface area contributed by atoms with Gasteiger partial charge in [-0.1, -0.05) is 19.1 Å². The van der Waals surface area contributed by atoms with Crippen LogP contribution in [0, 0.1) is 13.8 Å². The fourth-order valence-corrected chi connectivity index (χ4v) is 2.74. The first-order valence-electron chi connectivity index (χ1n) is 7.82. The van der Waals surface area contributed by atoms with Crippen LogP contribution in [0.3, 0.4) is 0 Å². The summed E-state index contributed by atoms with van der Waals surface area (Å²) in [6.07, 6.45) is 2.01. The van der Waals surface area contributed by atoms with E-state index in [-0.39, 0.29) is 12.5 Å². The molecule has 116 valence electrons. The second-order valence-corrected chi connectivity index (χ2v) is 5.79. The van der Waals surface area contributed by atoms with E-state index >= 15 is 0 Å². The third kappa shape index (κ3) is 4.21. The molecule has 1 aromatic carbocycles. The van der Waals surface area contributed by atoms with E-state index in [2.05, 4.69) is 18.3 Å². The summed E-state index contributed by atoms with van der Waals surface area (Å²) < 4.78 is 5.75. The molecule has 1 unspecified atom stereocenters. The molecule has 0 spiro atoms. The van der Waals surface area contributed by atoms with Gasteiger partial charge in [0, 0.05) is 19.1 Å². The number of amides is 1. The van der Waals surface area contributed by atoms with E-state index in [1.165, 1.54) is 0 Å². The van der Waals surface area contributed by atoms with Crippen molar-refractivity contribution in [2.24, 2.45) is 0 Å². The predicted molar refractivity (Wildman–Crippen MR) is 84.7 cm³/mol. The zero-order chi connectivity index (χ0) is 15.2. The first kappa shape index (κ1) is 15.8. The molecule has 1 saturated heterocycles. The van der Waals surface area contributed by atoms with E-state index in [4.69, 9.17) is 4.74 Å². The Labute approximate surface area is 127 Å². The fraction of sp³-hybridized carbons (Fsp3) is 0.588. The molecule has 0 bridgehead atoms. The Balaban J connectivity index is 1.96. The molecule has 1 atom stereocenters. The van der Waals surface area contributed by atoms with Crippen molar-refractivity contribution in [3.8, 4) is 5.75 Å². The Morgan fingerprint density at radius 2 is 2.24 bits per heavy atom. The quantitative estimate of drug-likeness (QED) is 0.874. The van der Waals surface area contributed by atoms with Crippen LogP contribution < -0.4 is 10.1 Å². The molecule has 0 aromatic heterocycles. The van der Waals surface area contributed by atoms with Crippen molar-refractivity contribution in [3.05, 3.63) is 29.3 Å². The second kappa shape index (κ2) is 7.46. The van der Waals surface area contributed by atoms with E-state index in [1.54, 1.807) is 0 Å². The highest BCUT2D eigenvalue weighted by Crippen LogP contribution is 2.19. The topological polar surface area (TPSA) is 41.6 Å². The van der Waals surface area contributed by atoms with Gasteiger partial charge >= 0.3 is 0 Å². The number of hydrogen-bond acceptors (Lipinski definition) is 3. The lowest BCUT2D eigenvalue weighted by Gasteiger charge is -2.28. The van der Waals surface area contributed by atoms with E-state index < -0.39 is 0 Å². The molecule has 0 aliphatic carbocycles. The summed E-state index contributed by atoms with van der Waals surface area (Å²) in [5.41, 5.74) is 2.21. The first-order chi connectivity index (χ1) is 10.1. The second-order valence-electron chi connectivity index (χ2n) is 5.79. The number of hydrogen-bond donors (Lipinski definition) is 1. The van der Waals surface area contributed by atoms with E-state index in [0.717, 1.165) is 49.4 Å². The lowest BCUT2D eigenvalue weighted by atomic mass is 10.1. The molecule has 1 amide bonds. The van der Waals surface area contributed by atoms with Crippen molar-refractivity contribution in [3.63, 3.8) is 0 Å². The summed E-state index contributed by atoms with van der Waals surface area (Å²) in [5, 5.41) is 3.32. The molecule has 21 heavy (non-hydrogen) atoms. The minimum absolute atomic E-state index is 0.0893. The summed E-state index contributed by atoms with van der Waals surface area (Å²) in [6, 6.07) is 6.39. The number of carbonyl (C=O) groups excluding carboxylic acids is 1. The maximum Gasteiger partial charge on any atom is 0.260 e. The van der Waals surface area contributed by atoms with Crippen molar-refractivity contribution in [2.75, 3.05) is 26.2 Å². The van der Waals surface area contributed by atoms with Crippen LogP contribution in [0.4, 0.5) is 0 Å². The van der Waals surface area contributed by atoms with Crippen molar-refractivity contribution in [2.45, 2.75) is 39.7 Å². The highest BCUT2D eigenvalue weighted by Gasteiger charge is 2.26. The number of nitrogens with one attached hydrogen (secondary N) is 1. The van der Waals surface area contributed by atoms with Crippen LogP contribution in [0.5, 0.6) is 5.75 Å². The van der Waals surface area contributed by atoms with E-state index in [1.807, 2.05) is 30.9 Å². The van der Waals surface area contributed by atoms with Gasteiger partial charge in [-0.25, -0.2) is 0 Å². The summed E-state index contributed by atoms with van der Waals surface area (Å²) in [4.78, 5) is 14.4. The molecule has 1 aliphatic heterocycles. The number of benzene rings is 1. The number of nitrogens with zero attached hydrogens (tertiary/aromatic N) is 1. The minimum atomic E-state index is 0.0893. The molecule has 1 heterocycles. The van der Waals surface area contributed by atoms with Gasteiger partial charge in [0.25, 0.3) is 5.91 Å². The SMILES string of the molecule is CCCN(C(=O)COc1cc(C)ccc1C)C1CCNC1. The molecular formula is C17H26N2O2. The third-order valence-corrected chi connectivity index (χ3v) is 3.95. The van der Waals surface area contributed by atoms with Crippen LogP contribution in [0.1, 0.15) is 30.9 Å². The molecule has 0 saturated carbocycles. The summed E-state index contributed by atoms with van der Waals surface area (Å²) >= 11 is 0. The van der Waals surface area contributed by atoms with Gasteiger partial charge in [-0.2, -0.15) is 0 Å². The molecule has 4 nitrogen and oxygen atoms in total. The minimum Gasteiger partial charge on any atom is -0.483 e. The van der Waals surface area contributed by atoms with Crippen LogP contribution in [-0.4, -0.2) is 43.1 Å². The first-order valence-corrected chi connectivity index (χ1v) is 7.82. The van der Waals surface area contributed by atoms with E-state index in [0.29, 0.717) is 6.04 Å². The summed E-state index contributed by atoms with van der Waals surface area (Å²) in [7, 11) is 0. The molecule has 0 radical (unpaired) electrons. The maximum atomic E-state index is 12.5. The van der Waals surface area contributed by atoms with Gasteiger partial charge in [0.05, 0.1) is 0 Å². The molecular weight excluding hydrogens is 264 g/mol. The zero-order valence-electron chi connectivity index (χ0n) is 13.3. The Kier molecular flexibility index (Phi) is 5.62. The van der Waals surface area contributed by atoms with Gasteiger partial charge < -0.3 is 15.0 Å². The predicted octanol–water partition coefficient (Wildman–Crippen LogP) is 2.28. The van der Waals surface area contributed by atoms with Crippen LogP contribution in [0.25, 0.3) is 0 Å². The van der Waals surface area contributed by atoms with Crippen molar-refractivity contribution < 1.29 is 9.53 Å². The summed E-state index contributed by atoms with van der Waals surface area (Å²) in [5.74, 6) is 0.899. The summed E-state index contributed by atoms with van der Waals surface area (Å²) in [6.45, 7) is 8.97. The fourth-order valence-electron chi connectivity index (χ4n) is 2.74. The van der Waals surface area contributed by atoms with Crippen LogP contribution in [0.15, 0.2) is 18.2 Å². The van der Waals surface area contributed by atoms with Gasteiger partial charge in [-0.3, -0.25) is 4.79 Å². The van der Waals surface area contributed by atoms with E-state index in [9.17, 15) is 4.79 Å². The number of carbonyl (C=O) groups is 1. The number of rotatable bonds is 6. The van der Waals surface area contributed by atoms with Gasteiger partial charge in [0.15, 0.2) is 6.61 Å². The molecule has 4 heteroatoms. The molecule has 1 N–H and O–H groups in total. The highest BCUT2D eigenvalue weighted by molar-refractivity contribution is 5.78. The number of ether oxygens (including phenoxy) is 1. The Bertz CT molecular complexity index is 482. The Hall–Kier alpha value is -1.55. The van der Waals surface area contributed by atoms with Crippen molar-refractivity contribution in [1.82, 2.24) is 10.2 Å². The van der Waals surface area contributed by atoms with Crippen LogP contribution in [-0.2, 0) is 4.79 Å². The molecule has 1 fully saturated rings. The van der Waals surface area contributed by atoms with Crippen LogP contribution >= 0.6 is 0 Å². The largest absolute Gasteiger partial charge is 0.483 e. The standard InChI is InChI=1S/C17H26N2O2/c1-4-9-19(15-7-8-18-11-15)17(20)12-21-16-10-13(2)5-6-14(16)3/h5-6,10,15,18H,4,7-9,11-12H2,1-3H3.